The van der Waals surface area contributed by atoms with E-state index in [1.165, 1.54) is 17.7 Å². The van der Waals surface area contributed by atoms with Crippen molar-refractivity contribution in [2.75, 3.05) is 25.0 Å². The first kappa shape index (κ1) is 16.5. The molecule has 2 N–H and O–H groups in total. The summed E-state index contributed by atoms with van der Waals surface area (Å²) >= 11 is 0. The van der Waals surface area contributed by atoms with Crippen LogP contribution in [0.4, 0.5) is 5.69 Å². The smallest absolute Gasteiger partial charge is 0.279 e. The Hall–Kier alpha value is -2.33. The van der Waals surface area contributed by atoms with E-state index in [-0.39, 0.29) is 5.91 Å². The summed E-state index contributed by atoms with van der Waals surface area (Å²) in [5.74, 6) is 2.17. The summed E-state index contributed by atoms with van der Waals surface area (Å²) in [6, 6.07) is 17.2. The number of carbonyl (C=O) groups is 1. The molecule has 2 aromatic rings. The molecule has 24 heavy (non-hydrogen) atoms. The van der Waals surface area contributed by atoms with Gasteiger partial charge < -0.3 is 15.0 Å². The predicted molar refractivity (Wildman–Crippen MR) is 95.5 cm³/mol. The van der Waals surface area contributed by atoms with Crippen molar-refractivity contribution in [2.45, 2.75) is 19.8 Å². The van der Waals surface area contributed by atoms with Crippen LogP contribution in [0.1, 0.15) is 19.8 Å². The molecule has 4 heteroatoms. The number of hydrogen-bond acceptors (Lipinski definition) is 2. The second kappa shape index (κ2) is 7.97. The van der Waals surface area contributed by atoms with Crippen molar-refractivity contribution in [3.8, 4) is 11.5 Å². The van der Waals surface area contributed by atoms with Crippen LogP contribution in [0.15, 0.2) is 54.6 Å². The van der Waals surface area contributed by atoms with Crippen LogP contribution >= 0.6 is 0 Å². The minimum Gasteiger partial charge on any atom is -0.455 e. The van der Waals surface area contributed by atoms with Crippen LogP contribution in [-0.2, 0) is 4.79 Å². The van der Waals surface area contributed by atoms with E-state index >= 15 is 0 Å². The van der Waals surface area contributed by atoms with E-state index in [9.17, 15) is 4.79 Å². The maximum atomic E-state index is 12.4. The SMILES string of the molecule is C[C@@H]1CCC[NH+](CC(=O)Nc2ccccc2Oc2ccccc2)C1. The van der Waals surface area contributed by atoms with Gasteiger partial charge >= 0.3 is 0 Å². The minimum absolute atomic E-state index is 0.0446. The minimum atomic E-state index is 0.0446. The van der Waals surface area contributed by atoms with Crippen LogP contribution in [-0.4, -0.2) is 25.5 Å². The summed E-state index contributed by atoms with van der Waals surface area (Å²) < 4.78 is 5.90. The van der Waals surface area contributed by atoms with Crippen LogP contribution in [0.25, 0.3) is 0 Å². The number of ether oxygens (including phenoxy) is 1. The zero-order valence-corrected chi connectivity index (χ0v) is 14.1. The molecule has 0 spiro atoms. The molecule has 0 bridgehead atoms. The molecule has 0 saturated carbocycles. The number of benzene rings is 2. The van der Waals surface area contributed by atoms with Crippen LogP contribution in [0, 0.1) is 5.92 Å². The molecule has 1 amide bonds. The van der Waals surface area contributed by atoms with E-state index in [1.54, 1.807) is 0 Å². The number of carbonyl (C=O) groups excluding carboxylic acids is 1. The van der Waals surface area contributed by atoms with Crippen molar-refractivity contribution in [2.24, 2.45) is 5.92 Å². The number of nitrogens with one attached hydrogen (secondary N) is 2. The summed E-state index contributed by atoms with van der Waals surface area (Å²) in [5.41, 5.74) is 0.718. The molecule has 1 heterocycles. The quantitative estimate of drug-likeness (QED) is 0.888. The number of piperidine rings is 1. The molecule has 1 fully saturated rings. The molecule has 2 aromatic carbocycles. The normalized spacial score (nSPS) is 20.4. The second-order valence-corrected chi connectivity index (χ2v) is 6.59. The fraction of sp³-hybridized carbons (Fsp3) is 0.350. The van der Waals surface area contributed by atoms with E-state index in [2.05, 4.69) is 12.2 Å². The monoisotopic (exact) mass is 325 g/mol. The van der Waals surface area contributed by atoms with Gasteiger partial charge in [-0.3, -0.25) is 4.79 Å². The Kier molecular flexibility index (Phi) is 5.49. The number of anilines is 1. The third-order valence-electron chi connectivity index (χ3n) is 4.41. The van der Waals surface area contributed by atoms with Crippen LogP contribution in [0.5, 0.6) is 11.5 Å². The molecule has 3 rings (SSSR count). The van der Waals surface area contributed by atoms with E-state index in [0.29, 0.717) is 18.2 Å². The number of hydrogen-bond donors (Lipinski definition) is 2. The first-order valence-electron chi connectivity index (χ1n) is 8.66. The average molecular weight is 325 g/mol. The van der Waals surface area contributed by atoms with Crippen molar-refractivity contribution >= 4 is 11.6 Å². The molecule has 1 saturated heterocycles. The standard InChI is InChI=1S/C20H24N2O2/c1-16-8-7-13-22(14-16)15-20(23)21-18-11-5-6-12-19(18)24-17-9-3-2-4-10-17/h2-6,9-12,16H,7-8,13-15H2,1H3,(H,21,23)/p+1/t16-/m1/s1. The molecule has 2 atom stereocenters. The summed E-state index contributed by atoms with van der Waals surface area (Å²) in [5, 5.41) is 3.01. The molecule has 1 aliphatic heterocycles. The predicted octanol–water partition coefficient (Wildman–Crippen LogP) is 2.73. The van der Waals surface area contributed by atoms with Crippen molar-refractivity contribution in [3.63, 3.8) is 0 Å². The fourth-order valence-electron chi connectivity index (χ4n) is 3.25. The summed E-state index contributed by atoms with van der Waals surface area (Å²) in [4.78, 5) is 13.8. The largest absolute Gasteiger partial charge is 0.455 e. The number of amides is 1. The third-order valence-corrected chi connectivity index (χ3v) is 4.41. The molecule has 126 valence electrons. The maximum Gasteiger partial charge on any atom is 0.279 e. The lowest BCUT2D eigenvalue weighted by Gasteiger charge is -2.27. The van der Waals surface area contributed by atoms with E-state index in [1.807, 2.05) is 54.6 Å². The molecular formula is C20H25N2O2+. The van der Waals surface area contributed by atoms with Gasteiger partial charge in [-0.15, -0.1) is 0 Å². The second-order valence-electron chi connectivity index (χ2n) is 6.59. The Balaban J connectivity index is 1.63. The third kappa shape index (κ3) is 4.59. The molecule has 0 aromatic heterocycles. The van der Waals surface area contributed by atoms with Gasteiger partial charge in [0.2, 0.25) is 0 Å². The molecule has 4 nitrogen and oxygen atoms in total. The van der Waals surface area contributed by atoms with E-state index < -0.39 is 0 Å². The number of quaternary nitrogens is 1. The highest BCUT2D eigenvalue weighted by molar-refractivity contribution is 5.93. The topological polar surface area (TPSA) is 42.8 Å². The average Bonchev–Trinajstić information content (AvgIpc) is 2.57. The molecule has 0 aliphatic carbocycles. The van der Waals surface area contributed by atoms with Gasteiger partial charge in [-0.1, -0.05) is 37.3 Å². The lowest BCUT2D eigenvalue weighted by molar-refractivity contribution is -0.900. The molecule has 0 radical (unpaired) electrons. The van der Waals surface area contributed by atoms with Gasteiger partial charge in [-0.2, -0.15) is 0 Å². The summed E-state index contributed by atoms with van der Waals surface area (Å²) in [7, 11) is 0. The van der Waals surface area contributed by atoms with E-state index in [0.717, 1.165) is 24.5 Å². The van der Waals surface area contributed by atoms with Gasteiger partial charge in [0.1, 0.15) is 5.75 Å². The van der Waals surface area contributed by atoms with Gasteiger partial charge in [0.05, 0.1) is 18.8 Å². The zero-order valence-electron chi connectivity index (χ0n) is 14.1. The highest BCUT2D eigenvalue weighted by Gasteiger charge is 2.22. The van der Waals surface area contributed by atoms with Crippen molar-refractivity contribution in [1.29, 1.82) is 0 Å². The lowest BCUT2D eigenvalue weighted by atomic mass is 10.0. The van der Waals surface area contributed by atoms with Crippen molar-refractivity contribution in [3.05, 3.63) is 54.6 Å². The lowest BCUT2D eigenvalue weighted by Crippen LogP contribution is -3.14. The highest BCUT2D eigenvalue weighted by Crippen LogP contribution is 2.28. The molecule has 1 aliphatic rings. The Morgan fingerprint density at radius 3 is 2.71 bits per heavy atom. The fourth-order valence-corrected chi connectivity index (χ4v) is 3.25. The molecule has 1 unspecified atom stereocenters. The maximum absolute atomic E-state index is 12.4. The Morgan fingerprint density at radius 2 is 1.92 bits per heavy atom. The number of rotatable bonds is 5. The van der Waals surface area contributed by atoms with Gasteiger partial charge in [0.25, 0.3) is 5.91 Å². The summed E-state index contributed by atoms with van der Waals surface area (Å²) in [6.07, 6.45) is 2.48. The zero-order chi connectivity index (χ0) is 16.8. The van der Waals surface area contributed by atoms with Crippen molar-refractivity contribution in [1.82, 2.24) is 0 Å². The van der Waals surface area contributed by atoms with Crippen LogP contribution in [0.3, 0.4) is 0 Å². The van der Waals surface area contributed by atoms with Crippen molar-refractivity contribution < 1.29 is 14.4 Å². The number of para-hydroxylation sites is 3. The first-order valence-corrected chi connectivity index (χ1v) is 8.66. The molecular weight excluding hydrogens is 300 g/mol. The first-order chi connectivity index (χ1) is 11.7. The number of likely N-dealkylation sites (tertiary alicyclic amines) is 1. The Bertz CT molecular complexity index is 672. The van der Waals surface area contributed by atoms with Gasteiger partial charge in [0, 0.05) is 5.92 Å². The van der Waals surface area contributed by atoms with Crippen LogP contribution in [0.2, 0.25) is 0 Å². The van der Waals surface area contributed by atoms with Gasteiger partial charge in [-0.05, 0) is 37.1 Å². The van der Waals surface area contributed by atoms with Crippen LogP contribution < -0.4 is 15.0 Å². The van der Waals surface area contributed by atoms with E-state index in [4.69, 9.17) is 4.74 Å². The summed E-state index contributed by atoms with van der Waals surface area (Å²) in [6.45, 7) is 4.94. The van der Waals surface area contributed by atoms with Gasteiger partial charge in [-0.25, -0.2) is 0 Å². The highest BCUT2D eigenvalue weighted by atomic mass is 16.5. The Labute approximate surface area is 143 Å². The van der Waals surface area contributed by atoms with Gasteiger partial charge in [0.15, 0.2) is 12.3 Å². The Morgan fingerprint density at radius 1 is 1.17 bits per heavy atom.